The van der Waals surface area contributed by atoms with Gasteiger partial charge in [-0.1, -0.05) is 6.92 Å². The summed E-state index contributed by atoms with van der Waals surface area (Å²) in [6.45, 7) is 5.75. The Bertz CT molecular complexity index is 196. The molecule has 0 bridgehead atoms. The van der Waals surface area contributed by atoms with Crippen LogP contribution in [0.1, 0.15) is 20.3 Å². The van der Waals surface area contributed by atoms with Crippen molar-refractivity contribution in [2.45, 2.75) is 25.8 Å². The van der Waals surface area contributed by atoms with E-state index in [1.165, 1.54) is 0 Å². The molecule has 4 heteroatoms. The van der Waals surface area contributed by atoms with Crippen LogP contribution in [0.5, 0.6) is 0 Å². The second-order valence-corrected chi connectivity index (χ2v) is 3.62. The third kappa shape index (κ3) is 2.00. The number of piperidine rings is 1. The number of esters is 1. The molecule has 1 heterocycles. The zero-order valence-corrected chi connectivity index (χ0v) is 8.30. The minimum atomic E-state index is -0.777. The lowest BCUT2D eigenvalue weighted by molar-refractivity contribution is -0.152. The van der Waals surface area contributed by atoms with E-state index in [0.29, 0.717) is 13.0 Å². The van der Waals surface area contributed by atoms with E-state index in [1.807, 2.05) is 6.92 Å². The molecule has 0 radical (unpaired) electrons. The van der Waals surface area contributed by atoms with Crippen molar-refractivity contribution in [1.82, 2.24) is 5.32 Å². The zero-order valence-electron chi connectivity index (χ0n) is 8.30. The first-order valence-corrected chi connectivity index (χ1v) is 4.78. The number of nitrogens with one attached hydrogen (secondary N) is 1. The van der Waals surface area contributed by atoms with Crippen LogP contribution in [-0.2, 0) is 9.53 Å². The Morgan fingerprint density at radius 2 is 2.46 bits per heavy atom. The Morgan fingerprint density at radius 3 is 3.00 bits per heavy atom. The van der Waals surface area contributed by atoms with Gasteiger partial charge in [0.15, 0.2) is 0 Å². The number of ether oxygens (including phenoxy) is 1. The molecule has 13 heavy (non-hydrogen) atoms. The Hall–Kier alpha value is -0.610. The van der Waals surface area contributed by atoms with Gasteiger partial charge in [-0.25, -0.2) is 0 Å². The lowest BCUT2D eigenvalue weighted by Crippen LogP contribution is -2.60. The van der Waals surface area contributed by atoms with Crippen LogP contribution in [0.4, 0.5) is 0 Å². The predicted molar refractivity (Wildman–Crippen MR) is 50.2 cm³/mol. The summed E-state index contributed by atoms with van der Waals surface area (Å²) in [6.07, 6.45) is 0.660. The van der Waals surface area contributed by atoms with Gasteiger partial charge < -0.3 is 15.8 Å². The van der Waals surface area contributed by atoms with Crippen LogP contribution in [0.3, 0.4) is 0 Å². The molecule has 76 valence electrons. The largest absolute Gasteiger partial charge is 0.465 e. The molecule has 0 aromatic rings. The van der Waals surface area contributed by atoms with Crippen LogP contribution in [0.2, 0.25) is 0 Å². The van der Waals surface area contributed by atoms with Crippen LogP contribution >= 0.6 is 0 Å². The van der Waals surface area contributed by atoms with Gasteiger partial charge in [-0.05, 0) is 25.8 Å². The minimum absolute atomic E-state index is 0.139. The molecule has 1 aliphatic rings. The highest BCUT2D eigenvalue weighted by Crippen LogP contribution is 2.22. The van der Waals surface area contributed by atoms with Gasteiger partial charge in [-0.3, -0.25) is 4.79 Å². The van der Waals surface area contributed by atoms with Crippen molar-refractivity contribution in [3.8, 4) is 0 Å². The van der Waals surface area contributed by atoms with Crippen molar-refractivity contribution in [2.75, 3.05) is 19.7 Å². The van der Waals surface area contributed by atoms with Gasteiger partial charge in [0.25, 0.3) is 0 Å². The molecular weight excluding hydrogens is 168 g/mol. The minimum Gasteiger partial charge on any atom is -0.465 e. The average molecular weight is 186 g/mol. The summed E-state index contributed by atoms with van der Waals surface area (Å²) in [5, 5.41) is 3.20. The first-order chi connectivity index (χ1) is 6.11. The van der Waals surface area contributed by atoms with Crippen LogP contribution in [0.25, 0.3) is 0 Å². The highest BCUT2D eigenvalue weighted by Gasteiger charge is 2.42. The van der Waals surface area contributed by atoms with Gasteiger partial charge in [0.2, 0.25) is 0 Å². The summed E-state index contributed by atoms with van der Waals surface area (Å²) >= 11 is 0. The number of hydrogen-bond acceptors (Lipinski definition) is 4. The van der Waals surface area contributed by atoms with E-state index in [0.717, 1.165) is 13.1 Å². The maximum absolute atomic E-state index is 11.6. The monoisotopic (exact) mass is 186 g/mol. The molecular formula is C9H18N2O2. The van der Waals surface area contributed by atoms with E-state index in [4.69, 9.17) is 10.5 Å². The third-order valence-electron chi connectivity index (χ3n) is 2.70. The number of carbonyl (C=O) groups is 1. The van der Waals surface area contributed by atoms with E-state index in [1.54, 1.807) is 6.92 Å². The predicted octanol–water partition coefficient (Wildman–Crippen LogP) is -0.124. The number of rotatable bonds is 2. The fraction of sp³-hybridized carbons (Fsp3) is 0.889. The van der Waals surface area contributed by atoms with E-state index >= 15 is 0 Å². The Labute approximate surface area is 78.8 Å². The molecule has 1 saturated heterocycles. The van der Waals surface area contributed by atoms with E-state index in [9.17, 15) is 4.79 Å². The van der Waals surface area contributed by atoms with Gasteiger partial charge in [0.05, 0.1) is 6.61 Å². The van der Waals surface area contributed by atoms with E-state index < -0.39 is 5.54 Å². The second kappa shape index (κ2) is 4.07. The molecule has 0 aromatic heterocycles. The summed E-state index contributed by atoms with van der Waals surface area (Å²) in [4.78, 5) is 11.6. The standard InChI is InChI=1S/C9H18N2O2/c1-3-13-8(12)9(10)4-5-11-6-7(9)2/h7,11H,3-6,10H2,1-2H3. The van der Waals surface area contributed by atoms with E-state index in [-0.39, 0.29) is 11.9 Å². The quantitative estimate of drug-likeness (QED) is 0.590. The molecule has 1 fully saturated rings. The van der Waals surface area contributed by atoms with Gasteiger partial charge in [0, 0.05) is 6.54 Å². The first-order valence-electron chi connectivity index (χ1n) is 4.78. The molecule has 1 rings (SSSR count). The van der Waals surface area contributed by atoms with Crippen molar-refractivity contribution >= 4 is 5.97 Å². The topological polar surface area (TPSA) is 64.3 Å². The lowest BCUT2D eigenvalue weighted by atomic mass is 9.80. The Kier molecular flexibility index (Phi) is 3.27. The van der Waals surface area contributed by atoms with E-state index in [2.05, 4.69) is 5.32 Å². The molecule has 0 aliphatic carbocycles. The number of hydrogen-bond donors (Lipinski definition) is 2. The van der Waals surface area contributed by atoms with Gasteiger partial charge in [0.1, 0.15) is 5.54 Å². The zero-order chi connectivity index (χ0) is 9.90. The fourth-order valence-corrected chi connectivity index (χ4v) is 1.61. The van der Waals surface area contributed by atoms with Crippen molar-refractivity contribution < 1.29 is 9.53 Å². The summed E-state index contributed by atoms with van der Waals surface area (Å²) in [6, 6.07) is 0. The van der Waals surface area contributed by atoms with Crippen molar-refractivity contribution in [3.05, 3.63) is 0 Å². The summed E-state index contributed by atoms with van der Waals surface area (Å²) < 4.78 is 4.96. The number of carbonyl (C=O) groups excluding carboxylic acids is 1. The van der Waals surface area contributed by atoms with Crippen LogP contribution < -0.4 is 11.1 Å². The summed E-state index contributed by atoms with van der Waals surface area (Å²) in [7, 11) is 0. The second-order valence-electron chi connectivity index (χ2n) is 3.62. The summed E-state index contributed by atoms with van der Waals surface area (Å²) in [5.41, 5.74) is 5.24. The normalized spacial score (nSPS) is 34.2. The van der Waals surface area contributed by atoms with Gasteiger partial charge in [-0.15, -0.1) is 0 Å². The highest BCUT2D eigenvalue weighted by molar-refractivity contribution is 5.81. The molecule has 0 aromatic carbocycles. The van der Waals surface area contributed by atoms with Crippen molar-refractivity contribution in [2.24, 2.45) is 11.7 Å². The Morgan fingerprint density at radius 1 is 1.77 bits per heavy atom. The SMILES string of the molecule is CCOC(=O)C1(N)CCNCC1C. The van der Waals surface area contributed by atoms with Crippen molar-refractivity contribution in [1.29, 1.82) is 0 Å². The van der Waals surface area contributed by atoms with Crippen LogP contribution in [0.15, 0.2) is 0 Å². The maximum atomic E-state index is 11.6. The molecule has 2 unspecified atom stereocenters. The van der Waals surface area contributed by atoms with Crippen LogP contribution in [-0.4, -0.2) is 31.2 Å². The average Bonchev–Trinajstić information content (AvgIpc) is 2.11. The third-order valence-corrected chi connectivity index (χ3v) is 2.70. The summed E-state index contributed by atoms with van der Waals surface area (Å²) in [5.74, 6) is -0.121. The lowest BCUT2D eigenvalue weighted by Gasteiger charge is -2.37. The van der Waals surface area contributed by atoms with Gasteiger partial charge in [-0.2, -0.15) is 0 Å². The molecule has 2 atom stereocenters. The maximum Gasteiger partial charge on any atom is 0.326 e. The molecule has 1 aliphatic heterocycles. The van der Waals surface area contributed by atoms with Gasteiger partial charge >= 0.3 is 5.97 Å². The highest BCUT2D eigenvalue weighted by atomic mass is 16.5. The number of nitrogens with two attached hydrogens (primary N) is 1. The Balaban J connectivity index is 2.65. The smallest absolute Gasteiger partial charge is 0.326 e. The molecule has 3 N–H and O–H groups in total. The van der Waals surface area contributed by atoms with Crippen molar-refractivity contribution in [3.63, 3.8) is 0 Å². The molecule has 0 saturated carbocycles. The molecule has 0 amide bonds. The fourth-order valence-electron chi connectivity index (χ4n) is 1.61. The molecule has 4 nitrogen and oxygen atoms in total. The molecule has 0 spiro atoms. The van der Waals surface area contributed by atoms with Crippen LogP contribution in [0, 0.1) is 5.92 Å². The first kappa shape index (κ1) is 10.5.